The van der Waals surface area contributed by atoms with E-state index in [0.717, 1.165) is 47.2 Å². The van der Waals surface area contributed by atoms with Crippen LogP contribution in [0, 0.1) is 24.0 Å². The highest BCUT2D eigenvalue weighted by Gasteiger charge is 2.26. The zero-order valence-corrected chi connectivity index (χ0v) is 16.7. The third-order valence-electron chi connectivity index (χ3n) is 4.95. The number of thioether (sulfide) groups is 1. The summed E-state index contributed by atoms with van der Waals surface area (Å²) < 4.78 is 2.19. The number of hydrogen-bond donors (Lipinski definition) is 0. The van der Waals surface area contributed by atoms with Gasteiger partial charge in [-0.25, -0.2) is 4.98 Å². The van der Waals surface area contributed by atoms with Crippen molar-refractivity contribution in [3.63, 3.8) is 0 Å². The van der Waals surface area contributed by atoms with Gasteiger partial charge in [0.05, 0.1) is 16.4 Å². The number of unbranched alkanes of at least 4 members (excludes halogenated alkanes) is 1. The number of non-ortho nitro benzene ring substituents is 1. The average molecular weight is 388 g/mol. The zero-order chi connectivity index (χ0) is 19.6. The Hall–Kier alpha value is -2.35. The molecule has 8 heteroatoms. The predicted molar refractivity (Wildman–Crippen MR) is 106 cm³/mol. The molecule has 0 spiro atoms. The third kappa shape index (κ3) is 4.00. The number of carbonyl (C=O) groups is 1. The summed E-state index contributed by atoms with van der Waals surface area (Å²) in [5.74, 6) is 0.311. The molecular weight excluding hydrogens is 364 g/mol. The van der Waals surface area contributed by atoms with E-state index in [2.05, 4.69) is 23.4 Å². The van der Waals surface area contributed by atoms with Crippen molar-refractivity contribution >= 4 is 29.0 Å². The van der Waals surface area contributed by atoms with E-state index in [1.54, 1.807) is 17.0 Å². The van der Waals surface area contributed by atoms with E-state index in [9.17, 15) is 14.9 Å². The van der Waals surface area contributed by atoms with E-state index in [4.69, 9.17) is 0 Å². The van der Waals surface area contributed by atoms with Crippen molar-refractivity contribution in [3.05, 3.63) is 45.3 Å². The predicted octanol–water partition coefficient (Wildman–Crippen LogP) is 3.89. The molecule has 1 aromatic heterocycles. The van der Waals surface area contributed by atoms with Crippen molar-refractivity contribution in [2.45, 2.75) is 51.7 Å². The lowest BCUT2D eigenvalue weighted by molar-refractivity contribution is -0.384. The molecule has 1 aromatic carbocycles. The molecule has 2 aromatic rings. The second-order valence-corrected chi connectivity index (χ2v) is 7.67. The lowest BCUT2D eigenvalue weighted by Gasteiger charge is -2.17. The van der Waals surface area contributed by atoms with Crippen LogP contribution in [0.5, 0.6) is 0 Å². The Labute approximate surface area is 162 Å². The Morgan fingerprint density at radius 3 is 2.85 bits per heavy atom. The molecule has 1 amide bonds. The van der Waals surface area contributed by atoms with Gasteiger partial charge < -0.3 is 9.47 Å². The lowest BCUT2D eigenvalue weighted by atomic mass is 10.1. The molecule has 1 aliphatic rings. The minimum Gasteiger partial charge on any atom is -0.323 e. The van der Waals surface area contributed by atoms with Crippen LogP contribution in [0.25, 0.3) is 0 Å². The molecular formula is C19H24N4O3S. The van der Waals surface area contributed by atoms with Crippen molar-refractivity contribution in [2.24, 2.45) is 0 Å². The molecule has 2 heterocycles. The monoisotopic (exact) mass is 388 g/mol. The first-order valence-corrected chi connectivity index (χ1v) is 10.1. The van der Waals surface area contributed by atoms with Crippen molar-refractivity contribution < 1.29 is 9.72 Å². The Balaban J connectivity index is 1.70. The highest BCUT2D eigenvalue weighted by atomic mass is 32.2. The molecule has 0 saturated heterocycles. The summed E-state index contributed by atoms with van der Waals surface area (Å²) in [6.45, 7) is 7.69. The molecule has 0 aliphatic carbocycles. The van der Waals surface area contributed by atoms with Crippen molar-refractivity contribution in [3.8, 4) is 0 Å². The summed E-state index contributed by atoms with van der Waals surface area (Å²) in [4.78, 5) is 29.6. The molecule has 0 saturated carbocycles. The molecule has 3 rings (SSSR count). The molecule has 0 atom stereocenters. The van der Waals surface area contributed by atoms with Crippen LogP contribution in [0.3, 0.4) is 0 Å². The lowest BCUT2D eigenvalue weighted by Crippen LogP contribution is -2.30. The van der Waals surface area contributed by atoms with E-state index in [1.807, 2.05) is 6.92 Å². The molecule has 27 heavy (non-hydrogen) atoms. The van der Waals surface area contributed by atoms with Crippen LogP contribution in [0.2, 0.25) is 0 Å². The number of nitro benzene ring substituents is 1. The SMILES string of the molecule is CCCCn1c(SCC(=O)N2CCc3cc([N+](=O)[O-])ccc32)nc(C)c1C. The van der Waals surface area contributed by atoms with E-state index in [1.165, 1.54) is 17.8 Å². The summed E-state index contributed by atoms with van der Waals surface area (Å²) >= 11 is 1.46. The zero-order valence-electron chi connectivity index (χ0n) is 15.9. The van der Waals surface area contributed by atoms with Crippen LogP contribution in [0.15, 0.2) is 23.4 Å². The summed E-state index contributed by atoms with van der Waals surface area (Å²) in [5, 5.41) is 11.8. The fourth-order valence-electron chi connectivity index (χ4n) is 3.28. The largest absolute Gasteiger partial charge is 0.323 e. The number of nitro groups is 1. The maximum Gasteiger partial charge on any atom is 0.269 e. The minimum atomic E-state index is -0.401. The first kappa shape index (κ1) is 19.4. The second kappa shape index (κ2) is 8.12. The van der Waals surface area contributed by atoms with Gasteiger partial charge in [0, 0.05) is 36.6 Å². The van der Waals surface area contributed by atoms with Gasteiger partial charge in [0.15, 0.2) is 5.16 Å². The van der Waals surface area contributed by atoms with Gasteiger partial charge in [-0.15, -0.1) is 0 Å². The van der Waals surface area contributed by atoms with Crippen LogP contribution >= 0.6 is 11.8 Å². The number of anilines is 1. The van der Waals surface area contributed by atoms with Gasteiger partial charge in [0.1, 0.15) is 0 Å². The summed E-state index contributed by atoms with van der Waals surface area (Å²) in [6, 6.07) is 4.71. The number of imidazole rings is 1. The fourth-order valence-corrected chi connectivity index (χ4v) is 4.27. The van der Waals surface area contributed by atoms with Gasteiger partial charge in [-0.2, -0.15) is 0 Å². The molecule has 0 unspecified atom stereocenters. The number of rotatable bonds is 7. The van der Waals surface area contributed by atoms with Gasteiger partial charge in [-0.05, 0) is 38.3 Å². The molecule has 0 bridgehead atoms. The molecule has 144 valence electrons. The molecule has 0 radical (unpaired) electrons. The smallest absolute Gasteiger partial charge is 0.269 e. The first-order valence-electron chi connectivity index (χ1n) is 9.16. The van der Waals surface area contributed by atoms with Gasteiger partial charge in [0.2, 0.25) is 5.91 Å². The summed E-state index contributed by atoms with van der Waals surface area (Å²) in [7, 11) is 0. The van der Waals surface area contributed by atoms with Crippen molar-refractivity contribution in [2.75, 3.05) is 17.2 Å². The quantitative estimate of drug-likeness (QED) is 0.408. The molecule has 7 nitrogen and oxygen atoms in total. The Morgan fingerprint density at radius 2 is 2.15 bits per heavy atom. The van der Waals surface area contributed by atoms with Crippen molar-refractivity contribution in [1.82, 2.24) is 9.55 Å². The van der Waals surface area contributed by atoms with Gasteiger partial charge in [0.25, 0.3) is 5.69 Å². The molecule has 0 fully saturated rings. The normalized spacial score (nSPS) is 13.1. The van der Waals surface area contributed by atoms with Gasteiger partial charge in [-0.1, -0.05) is 25.1 Å². The van der Waals surface area contributed by atoms with Gasteiger partial charge in [-0.3, -0.25) is 14.9 Å². The van der Waals surface area contributed by atoms with Crippen LogP contribution in [-0.2, 0) is 17.8 Å². The maximum absolute atomic E-state index is 12.8. The van der Waals surface area contributed by atoms with E-state index >= 15 is 0 Å². The van der Waals surface area contributed by atoms with Gasteiger partial charge >= 0.3 is 0 Å². The van der Waals surface area contributed by atoms with Crippen molar-refractivity contribution in [1.29, 1.82) is 0 Å². The number of amides is 1. The highest BCUT2D eigenvalue weighted by molar-refractivity contribution is 7.99. The first-order chi connectivity index (χ1) is 12.9. The second-order valence-electron chi connectivity index (χ2n) is 6.72. The summed E-state index contributed by atoms with van der Waals surface area (Å²) in [6.07, 6.45) is 2.84. The standard InChI is InChI=1S/C19H24N4O3S/c1-4-5-9-21-14(3)13(2)20-19(21)27-12-18(24)22-10-8-15-11-16(23(25)26)6-7-17(15)22/h6-7,11H,4-5,8-10,12H2,1-3H3. The van der Waals surface area contributed by atoms with Crippen LogP contribution in [-0.4, -0.2) is 32.7 Å². The minimum absolute atomic E-state index is 0.00736. The van der Waals surface area contributed by atoms with Crippen LogP contribution in [0.4, 0.5) is 11.4 Å². The number of nitrogens with zero attached hydrogens (tertiary/aromatic N) is 4. The van der Waals surface area contributed by atoms with E-state index < -0.39 is 4.92 Å². The maximum atomic E-state index is 12.8. The summed E-state index contributed by atoms with van der Waals surface area (Å²) in [5.41, 5.74) is 3.87. The number of fused-ring (bicyclic) bond motifs is 1. The average Bonchev–Trinajstić information content (AvgIpc) is 3.19. The number of aryl methyl sites for hydroxylation is 1. The van der Waals surface area contributed by atoms with E-state index in [0.29, 0.717) is 18.7 Å². The molecule has 1 aliphatic heterocycles. The topological polar surface area (TPSA) is 81.3 Å². The Bertz CT molecular complexity index is 878. The Kier molecular flexibility index (Phi) is 5.84. The fraction of sp³-hybridized carbons (Fsp3) is 0.474. The Morgan fingerprint density at radius 1 is 1.37 bits per heavy atom. The highest BCUT2D eigenvalue weighted by Crippen LogP contribution is 2.32. The number of carbonyl (C=O) groups excluding carboxylic acids is 1. The number of aromatic nitrogens is 2. The molecule has 0 N–H and O–H groups in total. The number of hydrogen-bond acceptors (Lipinski definition) is 5. The third-order valence-corrected chi connectivity index (χ3v) is 5.91. The number of benzene rings is 1. The van der Waals surface area contributed by atoms with Crippen LogP contribution < -0.4 is 4.90 Å². The van der Waals surface area contributed by atoms with E-state index in [-0.39, 0.29) is 11.6 Å². The van der Waals surface area contributed by atoms with Crippen LogP contribution in [0.1, 0.15) is 36.7 Å².